The van der Waals surface area contributed by atoms with E-state index in [9.17, 15) is 19.2 Å². The van der Waals surface area contributed by atoms with Crippen LogP contribution in [-0.2, 0) is 19.2 Å². The summed E-state index contributed by atoms with van der Waals surface area (Å²) in [6.45, 7) is 1.96. The fourth-order valence-corrected chi connectivity index (χ4v) is 5.72. The summed E-state index contributed by atoms with van der Waals surface area (Å²) < 4.78 is 2.11. The number of rotatable bonds is 4. The summed E-state index contributed by atoms with van der Waals surface area (Å²) in [4.78, 5) is 49.9. The maximum Gasteiger partial charge on any atom is 0.282 e. The molecule has 2 saturated heterocycles. The lowest BCUT2D eigenvalue weighted by atomic mass is 10.1. The van der Waals surface area contributed by atoms with Crippen LogP contribution in [0.25, 0.3) is 12.2 Å². The van der Waals surface area contributed by atoms with Gasteiger partial charge in [0.15, 0.2) is 0 Å². The van der Waals surface area contributed by atoms with E-state index >= 15 is 0 Å². The highest BCUT2D eigenvalue weighted by Gasteiger charge is 2.35. The van der Waals surface area contributed by atoms with Crippen molar-refractivity contribution in [2.45, 2.75) is 6.92 Å². The number of aryl methyl sites for hydroxylation is 1. The molecule has 9 nitrogen and oxygen atoms in total. The summed E-state index contributed by atoms with van der Waals surface area (Å²) in [7, 11) is 0. The number of hydrogen-bond donors (Lipinski definition) is 2. The van der Waals surface area contributed by atoms with Crippen molar-refractivity contribution in [2.24, 2.45) is 0 Å². The van der Waals surface area contributed by atoms with E-state index < -0.39 is 11.8 Å². The number of halogens is 2. The normalized spacial score (nSPS) is 16.1. The molecule has 2 aliphatic rings. The quantitative estimate of drug-likeness (QED) is 0.154. The van der Waals surface area contributed by atoms with Crippen LogP contribution in [0, 0.1) is 25.4 Å². The van der Waals surface area contributed by atoms with E-state index in [2.05, 4.69) is 56.0 Å². The average Bonchev–Trinajstić information content (AvgIpc) is 3.65. The number of carbonyl (C=O) groups is 4. The predicted molar refractivity (Wildman–Crippen MR) is 186 cm³/mol. The molecule has 4 amide bonds. The van der Waals surface area contributed by atoms with Crippen molar-refractivity contribution in [3.63, 3.8) is 0 Å². The molecule has 44 heavy (non-hydrogen) atoms. The zero-order chi connectivity index (χ0) is 31.4. The molecule has 218 valence electrons. The van der Waals surface area contributed by atoms with Crippen LogP contribution < -0.4 is 20.9 Å². The fraction of sp³-hybridized carbons (Fsp3) is 0.0312. The fourth-order valence-electron chi connectivity index (χ4n) is 4.14. The predicted octanol–water partition coefficient (Wildman–Crippen LogP) is 5.75. The van der Waals surface area contributed by atoms with Gasteiger partial charge in [0, 0.05) is 12.0 Å². The molecule has 6 rings (SSSR count). The van der Waals surface area contributed by atoms with Crippen LogP contribution >= 0.6 is 56.5 Å². The molecule has 2 aliphatic heterocycles. The highest BCUT2D eigenvalue weighted by Crippen LogP contribution is 2.25. The number of hydrazine groups is 2. The van der Waals surface area contributed by atoms with Crippen molar-refractivity contribution in [1.29, 1.82) is 5.26 Å². The third-order valence-electron chi connectivity index (χ3n) is 6.48. The van der Waals surface area contributed by atoms with Crippen LogP contribution in [0.15, 0.2) is 95.4 Å². The van der Waals surface area contributed by atoms with Gasteiger partial charge in [-0.2, -0.15) is 5.26 Å². The van der Waals surface area contributed by atoms with Gasteiger partial charge in [-0.05, 0) is 147 Å². The largest absolute Gasteiger partial charge is 0.282 e. The van der Waals surface area contributed by atoms with Gasteiger partial charge in [-0.15, -0.1) is 11.3 Å². The van der Waals surface area contributed by atoms with E-state index in [1.165, 1.54) is 27.4 Å². The maximum absolute atomic E-state index is 12.4. The molecular formula is C32H21I2N5O4S. The Balaban J connectivity index is 0.000000175. The molecule has 0 bridgehead atoms. The van der Waals surface area contributed by atoms with E-state index in [1.807, 2.05) is 48.7 Å². The highest BCUT2D eigenvalue weighted by atomic mass is 127. The Morgan fingerprint density at radius 2 is 1.18 bits per heavy atom. The van der Waals surface area contributed by atoms with Gasteiger partial charge in [0.05, 0.1) is 23.0 Å². The first-order valence-electron chi connectivity index (χ1n) is 12.9. The van der Waals surface area contributed by atoms with E-state index in [0.29, 0.717) is 22.5 Å². The minimum absolute atomic E-state index is 0.0632. The molecule has 0 unspecified atom stereocenters. The van der Waals surface area contributed by atoms with Crippen LogP contribution in [0.2, 0.25) is 0 Å². The van der Waals surface area contributed by atoms with Gasteiger partial charge in [-0.3, -0.25) is 30.0 Å². The average molecular weight is 825 g/mol. The zero-order valence-electron chi connectivity index (χ0n) is 22.9. The molecule has 4 aromatic rings. The van der Waals surface area contributed by atoms with Gasteiger partial charge in [0.2, 0.25) is 0 Å². The van der Waals surface area contributed by atoms with Crippen molar-refractivity contribution in [2.75, 3.05) is 10.0 Å². The second-order valence-corrected chi connectivity index (χ2v) is 12.9. The number of amides is 4. The van der Waals surface area contributed by atoms with Crippen LogP contribution in [0.1, 0.15) is 21.6 Å². The first-order valence-corrected chi connectivity index (χ1v) is 16.0. The van der Waals surface area contributed by atoms with Crippen molar-refractivity contribution in [3.05, 3.63) is 124 Å². The number of nitriles is 1. The van der Waals surface area contributed by atoms with Gasteiger partial charge in [-0.1, -0.05) is 12.1 Å². The van der Waals surface area contributed by atoms with Gasteiger partial charge in [0.25, 0.3) is 23.6 Å². The standard InChI is InChI=1S/C17H10IN3O2.C15H11IN2O2S/c18-13-5-7-14(8-6-13)21-17(23)15(16(22)20-21)9-11-1-3-12(10-19)4-2-11;1-9-6-7-21-13(9)8-12-14(19)17-18(15(12)20)11-4-2-10(16)3-5-11/h1-9H,(H,20,22);2-8H,1H3,(H,17,19)/b15-9+;12-8-. The molecule has 0 spiro atoms. The van der Waals surface area contributed by atoms with Crippen LogP contribution in [0.5, 0.6) is 0 Å². The smallest absolute Gasteiger partial charge is 0.267 e. The lowest BCUT2D eigenvalue weighted by molar-refractivity contribution is -0.118. The second-order valence-electron chi connectivity index (χ2n) is 9.43. The van der Waals surface area contributed by atoms with Gasteiger partial charge in [0.1, 0.15) is 11.1 Å². The van der Waals surface area contributed by atoms with E-state index in [4.69, 9.17) is 5.26 Å². The minimum atomic E-state index is -0.446. The van der Waals surface area contributed by atoms with E-state index in [0.717, 1.165) is 17.6 Å². The summed E-state index contributed by atoms with van der Waals surface area (Å²) >= 11 is 5.87. The summed E-state index contributed by atoms with van der Waals surface area (Å²) in [6.07, 6.45) is 3.18. The topological polar surface area (TPSA) is 123 Å². The van der Waals surface area contributed by atoms with Gasteiger partial charge in [-0.25, -0.2) is 10.0 Å². The van der Waals surface area contributed by atoms with Gasteiger partial charge < -0.3 is 0 Å². The van der Waals surface area contributed by atoms with Crippen molar-refractivity contribution < 1.29 is 19.2 Å². The monoisotopic (exact) mass is 825 g/mol. The first-order chi connectivity index (χ1) is 21.1. The summed E-state index contributed by atoms with van der Waals surface area (Å²) in [5, 5.41) is 13.2. The second kappa shape index (κ2) is 13.5. The Bertz CT molecular complexity index is 1880. The number of hydrogen-bond acceptors (Lipinski definition) is 6. The highest BCUT2D eigenvalue weighted by molar-refractivity contribution is 14.1. The minimum Gasteiger partial charge on any atom is -0.267 e. The molecule has 3 heterocycles. The summed E-state index contributed by atoms with van der Waals surface area (Å²) in [6, 6.07) is 25.3. The molecule has 1 aromatic heterocycles. The molecule has 12 heteroatoms. The van der Waals surface area contributed by atoms with E-state index in [-0.39, 0.29) is 23.0 Å². The number of benzene rings is 3. The third kappa shape index (κ3) is 6.90. The number of anilines is 2. The first kappa shape index (κ1) is 31.1. The molecule has 0 saturated carbocycles. The number of thiophene rings is 1. The number of carbonyl (C=O) groups excluding carboxylic acids is 4. The Hall–Kier alpha value is -4.33. The Morgan fingerprint density at radius 3 is 1.61 bits per heavy atom. The Kier molecular flexibility index (Phi) is 9.57. The molecule has 2 fully saturated rings. The van der Waals surface area contributed by atoms with Crippen molar-refractivity contribution >= 4 is 104 Å². The molecule has 0 radical (unpaired) electrons. The summed E-state index contributed by atoms with van der Waals surface area (Å²) in [5.41, 5.74) is 8.91. The SMILES string of the molecule is Cc1ccsc1/C=C1/C(=O)NN(c2ccc(I)cc2)C1=O.N#Cc1ccc(/C=C2\C(=O)NN(c3ccc(I)cc3)C2=O)cc1. The molecular weight excluding hydrogens is 804 g/mol. The summed E-state index contributed by atoms with van der Waals surface area (Å²) in [5.74, 6) is -1.54. The molecule has 0 atom stereocenters. The van der Waals surface area contributed by atoms with Crippen molar-refractivity contribution in [3.8, 4) is 6.07 Å². The number of nitrogens with one attached hydrogen (secondary N) is 2. The molecule has 0 aliphatic carbocycles. The number of nitrogens with zero attached hydrogens (tertiary/aromatic N) is 3. The maximum atomic E-state index is 12.4. The van der Waals surface area contributed by atoms with Crippen molar-refractivity contribution in [1.82, 2.24) is 10.9 Å². The Labute approximate surface area is 284 Å². The van der Waals surface area contributed by atoms with Crippen LogP contribution in [0.4, 0.5) is 11.4 Å². The third-order valence-corrected chi connectivity index (χ3v) is 8.88. The van der Waals surface area contributed by atoms with Crippen LogP contribution in [-0.4, -0.2) is 23.6 Å². The molecule has 2 N–H and O–H groups in total. The van der Waals surface area contributed by atoms with E-state index in [1.54, 1.807) is 54.6 Å². The lowest BCUT2D eigenvalue weighted by Crippen LogP contribution is -2.35. The van der Waals surface area contributed by atoms with Crippen LogP contribution in [0.3, 0.4) is 0 Å². The lowest BCUT2D eigenvalue weighted by Gasteiger charge is -2.14. The molecule has 3 aromatic carbocycles. The Morgan fingerprint density at radius 1 is 0.705 bits per heavy atom. The zero-order valence-corrected chi connectivity index (χ0v) is 28.0. The van der Waals surface area contributed by atoms with Gasteiger partial charge >= 0.3 is 0 Å².